The van der Waals surface area contributed by atoms with E-state index in [0.717, 1.165) is 31.8 Å². The van der Waals surface area contributed by atoms with E-state index in [1.807, 2.05) is 17.8 Å². The smallest absolute Gasteiger partial charge is 0.307 e. The highest BCUT2D eigenvalue weighted by atomic mass is 16.4. The minimum atomic E-state index is -0.676. The van der Waals surface area contributed by atoms with E-state index in [1.54, 1.807) is 6.20 Å². The lowest BCUT2D eigenvalue weighted by Crippen LogP contribution is -2.38. The summed E-state index contributed by atoms with van der Waals surface area (Å²) >= 11 is 0. The second kappa shape index (κ2) is 4.65. The first-order chi connectivity index (χ1) is 7.66. The normalized spacial score (nSPS) is 22.2. The van der Waals surface area contributed by atoms with Gasteiger partial charge in [-0.1, -0.05) is 0 Å². The fourth-order valence-corrected chi connectivity index (χ4v) is 2.15. The third-order valence-electron chi connectivity index (χ3n) is 3.14. The Kier molecular flexibility index (Phi) is 3.24. The molecule has 0 aliphatic carbocycles. The molecule has 5 nitrogen and oxygen atoms in total. The van der Waals surface area contributed by atoms with Crippen LogP contribution >= 0.6 is 0 Å². The van der Waals surface area contributed by atoms with Gasteiger partial charge in [0.2, 0.25) is 0 Å². The minimum Gasteiger partial charge on any atom is -0.481 e. The first kappa shape index (κ1) is 11.1. The third kappa shape index (κ3) is 2.41. The molecular weight excluding hydrogens is 206 g/mol. The van der Waals surface area contributed by atoms with Gasteiger partial charge >= 0.3 is 5.97 Å². The van der Waals surface area contributed by atoms with Crippen LogP contribution in [0.25, 0.3) is 0 Å². The van der Waals surface area contributed by atoms with Gasteiger partial charge in [-0.2, -0.15) is 0 Å². The molecule has 0 bridgehead atoms. The molecule has 0 aromatic carbocycles. The van der Waals surface area contributed by atoms with Gasteiger partial charge < -0.3 is 9.67 Å². The average Bonchev–Trinajstić information content (AvgIpc) is 2.65. The van der Waals surface area contributed by atoms with E-state index in [2.05, 4.69) is 9.88 Å². The number of aryl methyl sites for hydroxylation is 1. The lowest BCUT2D eigenvalue weighted by molar-refractivity contribution is -0.143. The molecule has 0 radical (unpaired) electrons. The first-order valence-corrected chi connectivity index (χ1v) is 5.58. The molecule has 1 fully saturated rings. The van der Waals surface area contributed by atoms with E-state index in [0.29, 0.717) is 6.54 Å². The number of hydrogen-bond acceptors (Lipinski definition) is 3. The van der Waals surface area contributed by atoms with Gasteiger partial charge in [-0.25, -0.2) is 4.98 Å². The van der Waals surface area contributed by atoms with Crippen LogP contribution < -0.4 is 0 Å². The van der Waals surface area contributed by atoms with Crippen LogP contribution in [0.15, 0.2) is 12.4 Å². The Balaban J connectivity index is 1.95. The van der Waals surface area contributed by atoms with Crippen molar-refractivity contribution >= 4 is 5.97 Å². The number of hydrogen-bond donors (Lipinski definition) is 1. The van der Waals surface area contributed by atoms with E-state index < -0.39 is 5.97 Å². The van der Waals surface area contributed by atoms with Crippen LogP contribution in [0.4, 0.5) is 0 Å². The largest absolute Gasteiger partial charge is 0.481 e. The monoisotopic (exact) mass is 223 g/mol. The summed E-state index contributed by atoms with van der Waals surface area (Å²) in [4.78, 5) is 17.3. The summed E-state index contributed by atoms with van der Waals surface area (Å²) in [6, 6.07) is 0. The molecule has 0 spiro atoms. The predicted molar refractivity (Wildman–Crippen MR) is 58.8 cm³/mol. The zero-order valence-electron chi connectivity index (χ0n) is 9.46. The fourth-order valence-electron chi connectivity index (χ4n) is 2.15. The summed E-state index contributed by atoms with van der Waals surface area (Å²) in [6.07, 6.45) is 5.44. The zero-order valence-corrected chi connectivity index (χ0v) is 9.46. The molecule has 1 saturated heterocycles. The van der Waals surface area contributed by atoms with Crippen LogP contribution in [-0.2, 0) is 18.4 Å². The van der Waals surface area contributed by atoms with Crippen LogP contribution in [0.1, 0.15) is 18.7 Å². The number of aliphatic carboxylic acids is 1. The number of carbonyl (C=O) groups is 1. The Labute approximate surface area is 94.7 Å². The summed E-state index contributed by atoms with van der Waals surface area (Å²) in [7, 11) is 1.96. The van der Waals surface area contributed by atoms with Crippen molar-refractivity contribution < 1.29 is 9.90 Å². The number of aromatic nitrogens is 2. The van der Waals surface area contributed by atoms with Crippen molar-refractivity contribution in [2.45, 2.75) is 19.4 Å². The number of rotatable bonds is 3. The molecule has 1 atom stereocenters. The molecule has 0 amide bonds. The summed E-state index contributed by atoms with van der Waals surface area (Å²) in [5.41, 5.74) is 0. The maximum absolute atomic E-state index is 10.9. The van der Waals surface area contributed by atoms with Crippen molar-refractivity contribution in [3.8, 4) is 0 Å². The summed E-state index contributed by atoms with van der Waals surface area (Å²) in [6.45, 7) is 2.35. The van der Waals surface area contributed by atoms with Gasteiger partial charge in [0.1, 0.15) is 5.82 Å². The van der Waals surface area contributed by atoms with Gasteiger partial charge in [0.05, 0.1) is 12.5 Å². The molecule has 1 N–H and O–H groups in total. The summed E-state index contributed by atoms with van der Waals surface area (Å²) in [5.74, 6) is 0.101. The Bertz CT molecular complexity index is 375. The van der Waals surface area contributed by atoms with Crippen LogP contribution in [0.5, 0.6) is 0 Å². The molecule has 1 aromatic heterocycles. The Hall–Kier alpha value is -1.36. The van der Waals surface area contributed by atoms with E-state index in [4.69, 9.17) is 5.11 Å². The quantitative estimate of drug-likeness (QED) is 0.820. The molecule has 16 heavy (non-hydrogen) atoms. The first-order valence-electron chi connectivity index (χ1n) is 5.58. The Morgan fingerprint density at radius 2 is 2.50 bits per heavy atom. The fraction of sp³-hybridized carbons (Fsp3) is 0.636. The molecular formula is C11H17N3O2. The van der Waals surface area contributed by atoms with Gasteiger partial charge in [-0.3, -0.25) is 9.69 Å². The minimum absolute atomic E-state index is 0.214. The highest BCUT2D eigenvalue weighted by Gasteiger charge is 2.25. The molecule has 1 aliphatic heterocycles. The third-order valence-corrected chi connectivity index (χ3v) is 3.14. The standard InChI is InChI=1S/C11H17N3O2/c1-13-6-4-12-10(13)8-14-5-2-3-9(7-14)11(15)16/h4,6,9H,2-3,5,7-8H2,1H3,(H,15,16). The van der Waals surface area contributed by atoms with E-state index in [9.17, 15) is 4.79 Å². The van der Waals surface area contributed by atoms with Crippen molar-refractivity contribution in [1.29, 1.82) is 0 Å². The van der Waals surface area contributed by atoms with E-state index in [1.165, 1.54) is 0 Å². The van der Waals surface area contributed by atoms with Crippen molar-refractivity contribution in [2.75, 3.05) is 13.1 Å². The number of piperidine rings is 1. The van der Waals surface area contributed by atoms with Crippen molar-refractivity contribution in [1.82, 2.24) is 14.5 Å². The molecule has 2 heterocycles. The Morgan fingerprint density at radius 1 is 1.69 bits per heavy atom. The predicted octanol–water partition coefficient (Wildman–Crippen LogP) is 0.717. The summed E-state index contributed by atoms with van der Waals surface area (Å²) < 4.78 is 1.98. The second-order valence-corrected chi connectivity index (χ2v) is 4.37. The second-order valence-electron chi connectivity index (χ2n) is 4.37. The van der Waals surface area contributed by atoms with Gasteiger partial charge in [0.15, 0.2) is 0 Å². The van der Waals surface area contributed by atoms with Gasteiger partial charge in [0, 0.05) is 26.0 Å². The van der Waals surface area contributed by atoms with E-state index in [-0.39, 0.29) is 5.92 Å². The topological polar surface area (TPSA) is 58.4 Å². The number of carboxylic acid groups (broad SMARTS) is 1. The maximum Gasteiger partial charge on any atom is 0.307 e. The molecule has 1 aromatic rings. The van der Waals surface area contributed by atoms with Gasteiger partial charge in [-0.05, 0) is 19.4 Å². The lowest BCUT2D eigenvalue weighted by atomic mass is 9.98. The number of carboxylic acids is 1. The molecule has 1 aliphatic rings. The SMILES string of the molecule is Cn1ccnc1CN1CCCC(C(=O)O)C1. The summed E-state index contributed by atoms with van der Waals surface area (Å²) in [5, 5.41) is 8.99. The molecule has 0 saturated carbocycles. The number of nitrogens with zero attached hydrogens (tertiary/aromatic N) is 3. The molecule has 5 heteroatoms. The van der Waals surface area contributed by atoms with Crippen molar-refractivity contribution in [3.63, 3.8) is 0 Å². The highest BCUT2D eigenvalue weighted by molar-refractivity contribution is 5.70. The average molecular weight is 223 g/mol. The zero-order chi connectivity index (χ0) is 11.5. The van der Waals surface area contributed by atoms with Crippen molar-refractivity contribution in [3.05, 3.63) is 18.2 Å². The van der Waals surface area contributed by atoms with Crippen LogP contribution in [0.2, 0.25) is 0 Å². The van der Waals surface area contributed by atoms with Crippen molar-refractivity contribution in [2.24, 2.45) is 13.0 Å². The highest BCUT2D eigenvalue weighted by Crippen LogP contribution is 2.18. The Morgan fingerprint density at radius 3 is 3.12 bits per heavy atom. The number of likely N-dealkylation sites (tertiary alicyclic amines) is 1. The van der Waals surface area contributed by atoms with Crippen LogP contribution in [0.3, 0.4) is 0 Å². The molecule has 2 rings (SSSR count). The van der Waals surface area contributed by atoms with Crippen LogP contribution in [0, 0.1) is 5.92 Å². The van der Waals surface area contributed by atoms with Crippen LogP contribution in [-0.4, -0.2) is 38.6 Å². The maximum atomic E-state index is 10.9. The van der Waals surface area contributed by atoms with E-state index >= 15 is 0 Å². The van der Waals surface area contributed by atoms with Gasteiger partial charge in [0.25, 0.3) is 0 Å². The number of imidazole rings is 1. The van der Waals surface area contributed by atoms with Gasteiger partial charge in [-0.15, -0.1) is 0 Å². The molecule has 1 unspecified atom stereocenters. The molecule has 88 valence electrons. The lowest BCUT2D eigenvalue weighted by Gasteiger charge is -2.30.